The maximum Gasteiger partial charge on any atom is 0.241 e. The third-order valence-electron chi connectivity index (χ3n) is 5.07. The largest absolute Gasteiger partial charge is 0.348 e. The molecule has 2 aromatic carbocycles. The fourth-order valence-corrected chi connectivity index (χ4v) is 5.25. The van der Waals surface area contributed by atoms with E-state index >= 15 is 0 Å². The molecule has 0 unspecified atom stereocenters. The van der Waals surface area contributed by atoms with E-state index in [4.69, 9.17) is 5.14 Å². The average Bonchev–Trinajstić information content (AvgIpc) is 2.64. The Bertz CT molecular complexity index is 1150. The summed E-state index contributed by atoms with van der Waals surface area (Å²) in [5.41, 5.74) is 3.67. The van der Waals surface area contributed by atoms with E-state index in [0.717, 1.165) is 11.1 Å². The minimum atomic E-state index is -3.88. The third-order valence-corrected chi connectivity index (χ3v) is 7.68. The molecule has 164 valence electrons. The van der Waals surface area contributed by atoms with Crippen molar-refractivity contribution in [2.24, 2.45) is 5.14 Å². The van der Waals surface area contributed by atoms with Crippen LogP contribution in [0.15, 0.2) is 40.1 Å². The van der Waals surface area contributed by atoms with Crippen LogP contribution in [0, 0.1) is 27.7 Å². The molecule has 0 bridgehead atoms. The summed E-state index contributed by atoms with van der Waals surface area (Å²) in [6, 6.07) is 7.25. The number of benzene rings is 2. The Hall–Kier alpha value is -2.27. The topological polar surface area (TPSA) is 135 Å². The number of carbonyl (C=O) groups is 1. The second-order valence-corrected chi connectivity index (χ2v) is 10.6. The van der Waals surface area contributed by atoms with Gasteiger partial charge in [0.25, 0.3) is 0 Å². The minimum Gasteiger partial charge on any atom is -0.348 e. The van der Waals surface area contributed by atoms with Crippen LogP contribution < -0.4 is 15.2 Å². The summed E-state index contributed by atoms with van der Waals surface area (Å²) in [5.74, 6) is -0.513. The summed E-state index contributed by atoms with van der Waals surface area (Å²) < 4.78 is 50.6. The lowest BCUT2D eigenvalue weighted by atomic mass is 10.0. The third kappa shape index (κ3) is 5.45. The van der Waals surface area contributed by atoms with Gasteiger partial charge in [0, 0.05) is 0 Å². The number of primary sulfonamides is 1. The Morgan fingerprint density at radius 1 is 0.967 bits per heavy atom. The van der Waals surface area contributed by atoms with Gasteiger partial charge in [0.2, 0.25) is 26.0 Å². The van der Waals surface area contributed by atoms with E-state index in [9.17, 15) is 21.6 Å². The van der Waals surface area contributed by atoms with E-state index in [1.807, 2.05) is 19.9 Å². The molecule has 10 heteroatoms. The molecule has 0 aliphatic heterocycles. The molecular formula is C20H27N3O5S2. The van der Waals surface area contributed by atoms with E-state index in [1.165, 1.54) is 24.3 Å². The van der Waals surface area contributed by atoms with Crippen LogP contribution in [-0.4, -0.2) is 29.3 Å². The lowest BCUT2D eigenvalue weighted by molar-refractivity contribution is -0.120. The predicted molar refractivity (Wildman–Crippen MR) is 115 cm³/mol. The van der Waals surface area contributed by atoms with Crippen molar-refractivity contribution in [1.29, 1.82) is 0 Å². The SMILES string of the molecule is Cc1cc(C)c(C)c(S(=O)(=O)NCC(=O)N[C@H](C)c2ccc(S(N)(=O)=O)cc2)c1C. The highest BCUT2D eigenvalue weighted by Crippen LogP contribution is 2.25. The van der Waals surface area contributed by atoms with Gasteiger partial charge in [-0.3, -0.25) is 4.79 Å². The van der Waals surface area contributed by atoms with Crippen molar-refractivity contribution in [3.63, 3.8) is 0 Å². The minimum absolute atomic E-state index is 0.0308. The van der Waals surface area contributed by atoms with Crippen LogP contribution in [0.2, 0.25) is 0 Å². The van der Waals surface area contributed by atoms with Gasteiger partial charge in [-0.05, 0) is 74.6 Å². The molecule has 8 nitrogen and oxygen atoms in total. The highest BCUT2D eigenvalue weighted by molar-refractivity contribution is 7.89. The molecular weight excluding hydrogens is 426 g/mol. The molecule has 0 aliphatic carbocycles. The highest BCUT2D eigenvalue weighted by atomic mass is 32.2. The molecule has 0 aliphatic rings. The first kappa shape index (κ1) is 24.0. The molecule has 0 saturated carbocycles. The smallest absolute Gasteiger partial charge is 0.241 e. The van der Waals surface area contributed by atoms with Crippen LogP contribution in [0.1, 0.15) is 40.8 Å². The molecule has 0 heterocycles. The van der Waals surface area contributed by atoms with Crippen molar-refractivity contribution in [2.75, 3.05) is 6.54 Å². The Morgan fingerprint density at radius 2 is 1.47 bits per heavy atom. The van der Waals surface area contributed by atoms with Gasteiger partial charge in [-0.1, -0.05) is 18.2 Å². The molecule has 1 amide bonds. The number of nitrogens with one attached hydrogen (secondary N) is 2. The molecule has 2 rings (SSSR count). The van der Waals surface area contributed by atoms with Crippen LogP contribution in [0.25, 0.3) is 0 Å². The first-order chi connectivity index (χ1) is 13.7. The first-order valence-electron chi connectivity index (χ1n) is 9.23. The van der Waals surface area contributed by atoms with Crippen LogP contribution in [-0.2, 0) is 24.8 Å². The molecule has 2 aromatic rings. The van der Waals surface area contributed by atoms with Gasteiger partial charge < -0.3 is 5.32 Å². The molecule has 0 spiro atoms. The van der Waals surface area contributed by atoms with Gasteiger partial charge in [0.1, 0.15) is 0 Å². The Kier molecular flexibility index (Phi) is 7.08. The van der Waals surface area contributed by atoms with Crippen LogP contribution in [0.5, 0.6) is 0 Å². The summed E-state index contributed by atoms with van der Waals surface area (Å²) in [6.07, 6.45) is 0. The molecule has 0 saturated heterocycles. The van der Waals surface area contributed by atoms with E-state index in [0.29, 0.717) is 16.7 Å². The molecule has 1 atom stereocenters. The number of hydrogen-bond donors (Lipinski definition) is 3. The maximum atomic E-state index is 12.8. The average molecular weight is 454 g/mol. The number of amides is 1. The second kappa shape index (κ2) is 8.84. The highest BCUT2D eigenvalue weighted by Gasteiger charge is 2.23. The monoisotopic (exact) mass is 453 g/mol. The van der Waals surface area contributed by atoms with Gasteiger partial charge >= 0.3 is 0 Å². The number of rotatable bonds is 7. The van der Waals surface area contributed by atoms with E-state index < -0.39 is 38.5 Å². The fourth-order valence-electron chi connectivity index (χ4n) is 3.14. The molecule has 30 heavy (non-hydrogen) atoms. The van der Waals surface area contributed by atoms with Crippen molar-refractivity contribution in [1.82, 2.24) is 10.0 Å². The number of aryl methyl sites for hydroxylation is 2. The first-order valence-corrected chi connectivity index (χ1v) is 12.3. The summed E-state index contributed by atoms with van der Waals surface area (Å²) in [5, 5.41) is 7.75. The standard InChI is InChI=1S/C20H27N3O5S2/c1-12-10-13(2)15(4)20(14(12)3)30(27,28)22-11-19(24)23-16(5)17-6-8-18(9-7-17)29(21,25)26/h6-10,16,22H,11H2,1-5H3,(H,23,24)(H2,21,25,26)/t16-/m1/s1. The van der Waals surface area contributed by atoms with Gasteiger partial charge in [-0.25, -0.2) is 26.7 Å². The summed E-state index contributed by atoms with van der Waals surface area (Å²) in [4.78, 5) is 12.4. The number of nitrogens with two attached hydrogens (primary N) is 1. The number of hydrogen-bond acceptors (Lipinski definition) is 5. The second-order valence-electron chi connectivity index (χ2n) is 7.32. The zero-order valence-corrected chi connectivity index (χ0v) is 19.2. The summed E-state index contributed by atoms with van der Waals surface area (Å²) >= 11 is 0. The zero-order chi connectivity index (χ0) is 22.9. The fraction of sp³-hybridized carbons (Fsp3) is 0.350. The lowest BCUT2D eigenvalue weighted by Crippen LogP contribution is -2.38. The quantitative estimate of drug-likeness (QED) is 0.587. The summed E-state index contributed by atoms with van der Waals surface area (Å²) in [6.45, 7) is 8.45. The van der Waals surface area contributed by atoms with Crippen molar-refractivity contribution < 1.29 is 21.6 Å². The molecule has 4 N–H and O–H groups in total. The van der Waals surface area contributed by atoms with E-state index in [1.54, 1.807) is 20.8 Å². The van der Waals surface area contributed by atoms with Crippen molar-refractivity contribution in [2.45, 2.75) is 50.5 Å². The van der Waals surface area contributed by atoms with Crippen molar-refractivity contribution in [3.05, 3.63) is 58.1 Å². The number of sulfonamides is 2. The van der Waals surface area contributed by atoms with Gasteiger partial charge in [-0.15, -0.1) is 0 Å². The Morgan fingerprint density at radius 3 is 1.93 bits per heavy atom. The van der Waals surface area contributed by atoms with Crippen molar-refractivity contribution >= 4 is 26.0 Å². The molecule has 0 radical (unpaired) electrons. The van der Waals surface area contributed by atoms with Gasteiger partial charge in [0.15, 0.2) is 0 Å². The molecule has 0 aromatic heterocycles. The normalized spacial score (nSPS) is 13.1. The zero-order valence-electron chi connectivity index (χ0n) is 17.6. The van der Waals surface area contributed by atoms with Gasteiger partial charge in [-0.2, -0.15) is 0 Å². The van der Waals surface area contributed by atoms with E-state index in [2.05, 4.69) is 10.0 Å². The molecule has 0 fully saturated rings. The van der Waals surface area contributed by atoms with E-state index in [-0.39, 0.29) is 9.79 Å². The Balaban J connectivity index is 2.09. The maximum absolute atomic E-state index is 12.8. The van der Waals surface area contributed by atoms with Crippen LogP contribution >= 0.6 is 0 Å². The van der Waals surface area contributed by atoms with Crippen LogP contribution in [0.3, 0.4) is 0 Å². The number of carbonyl (C=O) groups excluding carboxylic acids is 1. The van der Waals surface area contributed by atoms with Gasteiger partial charge in [0.05, 0.1) is 22.4 Å². The van der Waals surface area contributed by atoms with Crippen molar-refractivity contribution in [3.8, 4) is 0 Å². The lowest BCUT2D eigenvalue weighted by Gasteiger charge is -2.17. The predicted octanol–water partition coefficient (Wildman–Crippen LogP) is 1.72. The Labute approximate surface area is 178 Å². The summed E-state index contributed by atoms with van der Waals surface area (Å²) in [7, 11) is -7.67. The van der Waals surface area contributed by atoms with Crippen LogP contribution in [0.4, 0.5) is 0 Å².